The maximum Gasteiger partial charge on any atom is 0.341 e. The number of nitrogens with zero attached hydrogens (tertiary/aromatic N) is 2. The zero-order valence-corrected chi connectivity index (χ0v) is 13.8. The molecule has 0 unspecified atom stereocenters. The molecule has 0 bridgehead atoms. The zero-order valence-electron chi connectivity index (χ0n) is 13.8. The van der Waals surface area contributed by atoms with Crippen LogP contribution in [0.15, 0.2) is 54.1 Å². The molecule has 2 aromatic carbocycles. The van der Waals surface area contributed by atoms with E-state index in [1.807, 2.05) is 0 Å². The van der Waals surface area contributed by atoms with Gasteiger partial charge in [-0.3, -0.25) is 14.9 Å². The van der Waals surface area contributed by atoms with Gasteiger partial charge in [-0.25, -0.2) is 4.79 Å². The van der Waals surface area contributed by atoms with E-state index in [0.717, 1.165) is 0 Å². The number of nitriles is 1. The fraction of sp³-hybridized carbons (Fsp3) is 0.0556. The van der Waals surface area contributed by atoms with Crippen LogP contribution in [0.3, 0.4) is 0 Å². The Hall–Kier alpha value is -4.19. The van der Waals surface area contributed by atoms with E-state index in [1.165, 1.54) is 42.5 Å². The lowest BCUT2D eigenvalue weighted by molar-refractivity contribution is -0.384. The molecular formula is C18H13N3O6. The number of carbonyl (C=O) groups excluding carboxylic acids is 1. The molecule has 9 heteroatoms. The summed E-state index contributed by atoms with van der Waals surface area (Å²) in [6, 6.07) is 13.2. The lowest BCUT2D eigenvalue weighted by atomic mass is 10.1. The monoisotopic (exact) mass is 367 g/mol. The van der Waals surface area contributed by atoms with Crippen molar-refractivity contribution >= 4 is 29.3 Å². The standard InChI is InChI=1S/C18H13N3O6/c19-10-13(8-12-4-6-16(7-5-12)27-11-17(22)23)18(24)20-14-2-1-3-15(9-14)21(25)26/h1-9H,11H2,(H,20,24)(H,22,23)/b13-8+. The van der Waals surface area contributed by atoms with Crippen LogP contribution in [-0.4, -0.2) is 28.5 Å². The van der Waals surface area contributed by atoms with Gasteiger partial charge in [-0.15, -0.1) is 0 Å². The zero-order chi connectivity index (χ0) is 19.8. The van der Waals surface area contributed by atoms with Gasteiger partial charge in [0.15, 0.2) is 6.61 Å². The molecule has 0 aromatic heterocycles. The van der Waals surface area contributed by atoms with Crippen LogP contribution in [0.2, 0.25) is 0 Å². The number of nitro groups is 1. The van der Waals surface area contributed by atoms with E-state index in [0.29, 0.717) is 11.3 Å². The normalized spacial score (nSPS) is 10.6. The number of hydrogen-bond acceptors (Lipinski definition) is 6. The molecule has 0 fully saturated rings. The van der Waals surface area contributed by atoms with Crippen molar-refractivity contribution in [2.24, 2.45) is 0 Å². The third-order valence-electron chi connectivity index (χ3n) is 3.23. The Morgan fingerprint density at radius 3 is 2.56 bits per heavy atom. The topological polar surface area (TPSA) is 143 Å². The molecule has 0 heterocycles. The van der Waals surface area contributed by atoms with E-state index in [1.54, 1.807) is 18.2 Å². The van der Waals surface area contributed by atoms with Crippen LogP contribution >= 0.6 is 0 Å². The van der Waals surface area contributed by atoms with E-state index in [2.05, 4.69) is 5.32 Å². The number of aliphatic carboxylic acids is 1. The smallest absolute Gasteiger partial charge is 0.341 e. The summed E-state index contributed by atoms with van der Waals surface area (Å²) < 4.78 is 4.99. The Morgan fingerprint density at radius 1 is 1.26 bits per heavy atom. The maximum atomic E-state index is 12.2. The van der Waals surface area contributed by atoms with Crippen LogP contribution in [0.25, 0.3) is 6.08 Å². The number of hydrogen-bond donors (Lipinski definition) is 2. The van der Waals surface area contributed by atoms with Crippen LogP contribution < -0.4 is 10.1 Å². The average molecular weight is 367 g/mol. The highest BCUT2D eigenvalue weighted by molar-refractivity contribution is 6.09. The molecule has 1 amide bonds. The first-order valence-electron chi connectivity index (χ1n) is 7.51. The fourth-order valence-electron chi connectivity index (χ4n) is 2.02. The second-order valence-corrected chi connectivity index (χ2v) is 5.18. The minimum Gasteiger partial charge on any atom is -0.482 e. The number of benzene rings is 2. The number of amides is 1. The van der Waals surface area contributed by atoms with Crippen LogP contribution in [0.4, 0.5) is 11.4 Å². The molecule has 0 atom stereocenters. The molecule has 0 radical (unpaired) electrons. The van der Waals surface area contributed by atoms with Crippen molar-refractivity contribution in [3.8, 4) is 11.8 Å². The number of carboxylic acid groups (broad SMARTS) is 1. The van der Waals surface area contributed by atoms with Gasteiger partial charge in [0.05, 0.1) is 4.92 Å². The molecule has 0 aliphatic carbocycles. The predicted octanol–water partition coefficient (Wildman–Crippen LogP) is 2.60. The summed E-state index contributed by atoms with van der Waals surface area (Å²) >= 11 is 0. The van der Waals surface area contributed by atoms with E-state index in [4.69, 9.17) is 9.84 Å². The number of nitrogens with one attached hydrogen (secondary N) is 1. The number of anilines is 1. The molecule has 0 saturated carbocycles. The van der Waals surface area contributed by atoms with Crippen molar-refractivity contribution in [3.63, 3.8) is 0 Å². The summed E-state index contributed by atoms with van der Waals surface area (Å²) in [7, 11) is 0. The van der Waals surface area contributed by atoms with Crippen molar-refractivity contribution in [2.75, 3.05) is 11.9 Å². The lowest BCUT2D eigenvalue weighted by Gasteiger charge is -2.05. The maximum absolute atomic E-state index is 12.2. The van der Waals surface area contributed by atoms with Crippen molar-refractivity contribution in [1.29, 1.82) is 5.26 Å². The SMILES string of the molecule is N#C/C(=C\c1ccc(OCC(=O)O)cc1)C(=O)Nc1cccc([N+](=O)[O-])c1. The van der Waals surface area contributed by atoms with Gasteiger partial charge in [0, 0.05) is 17.8 Å². The molecule has 0 aliphatic rings. The highest BCUT2D eigenvalue weighted by Gasteiger charge is 2.12. The first-order chi connectivity index (χ1) is 12.9. The lowest BCUT2D eigenvalue weighted by Crippen LogP contribution is -2.13. The summed E-state index contributed by atoms with van der Waals surface area (Å²) in [6.07, 6.45) is 1.33. The van der Waals surface area contributed by atoms with Crippen molar-refractivity contribution in [3.05, 3.63) is 69.8 Å². The Labute approximate surface area is 153 Å². The number of non-ortho nitro benzene ring substituents is 1. The van der Waals surface area contributed by atoms with E-state index in [-0.39, 0.29) is 16.9 Å². The number of carboxylic acids is 1. The molecule has 2 rings (SSSR count). The highest BCUT2D eigenvalue weighted by Crippen LogP contribution is 2.19. The Balaban J connectivity index is 2.12. The quantitative estimate of drug-likeness (QED) is 0.331. The summed E-state index contributed by atoms with van der Waals surface area (Å²) in [5.41, 5.74) is 0.309. The largest absolute Gasteiger partial charge is 0.482 e. The molecule has 0 aliphatic heterocycles. The van der Waals surface area contributed by atoms with Gasteiger partial charge in [-0.05, 0) is 29.8 Å². The molecule has 136 valence electrons. The molecule has 0 saturated heterocycles. The van der Waals surface area contributed by atoms with Gasteiger partial charge in [0.2, 0.25) is 0 Å². The molecule has 2 aromatic rings. The summed E-state index contributed by atoms with van der Waals surface area (Å²) in [5, 5.41) is 31.0. The fourth-order valence-corrected chi connectivity index (χ4v) is 2.02. The molecular weight excluding hydrogens is 354 g/mol. The minimum atomic E-state index is -1.11. The summed E-state index contributed by atoms with van der Waals surface area (Å²) in [4.78, 5) is 32.8. The van der Waals surface area contributed by atoms with Gasteiger partial charge >= 0.3 is 5.97 Å². The van der Waals surface area contributed by atoms with Gasteiger partial charge in [0.1, 0.15) is 17.4 Å². The van der Waals surface area contributed by atoms with Crippen LogP contribution in [0.5, 0.6) is 5.75 Å². The molecule has 9 nitrogen and oxygen atoms in total. The van der Waals surface area contributed by atoms with Crippen molar-refractivity contribution in [2.45, 2.75) is 0 Å². The van der Waals surface area contributed by atoms with Gasteiger partial charge in [-0.2, -0.15) is 5.26 Å². The number of nitro benzene ring substituents is 1. The first-order valence-corrected chi connectivity index (χ1v) is 7.51. The third kappa shape index (κ3) is 5.68. The summed E-state index contributed by atoms with van der Waals surface area (Å²) in [6.45, 7) is -0.482. The van der Waals surface area contributed by atoms with Gasteiger partial charge in [-0.1, -0.05) is 18.2 Å². The van der Waals surface area contributed by atoms with Crippen molar-refractivity contribution < 1.29 is 24.4 Å². The van der Waals surface area contributed by atoms with E-state index in [9.17, 15) is 25.0 Å². The minimum absolute atomic E-state index is 0.188. The molecule has 2 N–H and O–H groups in total. The van der Waals surface area contributed by atoms with Gasteiger partial charge in [0.25, 0.3) is 11.6 Å². The molecule has 27 heavy (non-hydrogen) atoms. The number of rotatable bonds is 7. The van der Waals surface area contributed by atoms with E-state index >= 15 is 0 Å². The second-order valence-electron chi connectivity index (χ2n) is 5.18. The third-order valence-corrected chi connectivity index (χ3v) is 3.23. The summed E-state index contributed by atoms with van der Waals surface area (Å²) in [5.74, 6) is -1.50. The Morgan fingerprint density at radius 2 is 1.96 bits per heavy atom. The predicted molar refractivity (Wildman–Crippen MR) is 94.9 cm³/mol. The van der Waals surface area contributed by atoms with Gasteiger partial charge < -0.3 is 15.2 Å². The second kappa shape index (κ2) is 8.77. The molecule has 0 spiro atoms. The van der Waals surface area contributed by atoms with Crippen molar-refractivity contribution in [1.82, 2.24) is 0 Å². The Bertz CT molecular complexity index is 944. The first kappa shape index (κ1) is 19.1. The number of carbonyl (C=O) groups is 2. The average Bonchev–Trinajstić information content (AvgIpc) is 2.65. The van der Waals surface area contributed by atoms with Crippen LogP contribution in [-0.2, 0) is 9.59 Å². The number of ether oxygens (including phenoxy) is 1. The Kier molecular flexibility index (Phi) is 6.22. The van der Waals surface area contributed by atoms with Crippen LogP contribution in [0.1, 0.15) is 5.56 Å². The van der Waals surface area contributed by atoms with Crippen LogP contribution in [0, 0.1) is 21.4 Å². The van der Waals surface area contributed by atoms with E-state index < -0.39 is 23.4 Å². The highest BCUT2D eigenvalue weighted by atomic mass is 16.6.